The molecule has 0 aliphatic carbocycles. The molecule has 0 aliphatic rings. The van der Waals surface area contributed by atoms with E-state index < -0.39 is 0 Å². The number of carbonyl (C=O) groups is 1. The molecule has 0 fully saturated rings. The Morgan fingerprint density at radius 3 is 2.31 bits per heavy atom. The van der Waals surface area contributed by atoms with Gasteiger partial charge >= 0.3 is 0 Å². The molecule has 1 atom stereocenters. The van der Waals surface area contributed by atoms with Crippen LogP contribution in [0.4, 0.5) is 0 Å². The van der Waals surface area contributed by atoms with Gasteiger partial charge in [0.15, 0.2) is 0 Å². The number of benzene rings is 1. The van der Waals surface area contributed by atoms with Gasteiger partial charge in [-0.05, 0) is 30.5 Å². The van der Waals surface area contributed by atoms with E-state index in [9.17, 15) is 4.79 Å². The summed E-state index contributed by atoms with van der Waals surface area (Å²) in [7, 11) is 1.65. The lowest BCUT2D eigenvalue weighted by Gasteiger charge is -2.14. The fourth-order valence-corrected chi connectivity index (χ4v) is 1.91. The van der Waals surface area contributed by atoms with Gasteiger partial charge in [0.05, 0.1) is 7.11 Å². The van der Waals surface area contributed by atoms with Crippen LogP contribution in [0.2, 0.25) is 0 Å². The smallest absolute Gasteiger partial charge is 0.140 e. The molecule has 0 saturated carbocycles. The molecule has 88 valence electrons. The highest BCUT2D eigenvalue weighted by Gasteiger charge is 2.17. The van der Waals surface area contributed by atoms with Gasteiger partial charge in [-0.25, -0.2) is 0 Å². The highest BCUT2D eigenvalue weighted by molar-refractivity contribution is 5.85. The van der Waals surface area contributed by atoms with E-state index in [4.69, 9.17) is 4.74 Å². The van der Waals surface area contributed by atoms with Gasteiger partial charge in [0, 0.05) is 12.3 Å². The Kier molecular flexibility index (Phi) is 5.03. The zero-order valence-corrected chi connectivity index (χ0v) is 10.3. The molecule has 0 saturated heterocycles. The van der Waals surface area contributed by atoms with Gasteiger partial charge in [-0.2, -0.15) is 0 Å². The maximum Gasteiger partial charge on any atom is 0.140 e. The van der Waals surface area contributed by atoms with Gasteiger partial charge in [0.1, 0.15) is 11.5 Å². The lowest BCUT2D eigenvalue weighted by atomic mass is 9.90. The van der Waals surface area contributed by atoms with Gasteiger partial charge < -0.3 is 4.74 Å². The van der Waals surface area contributed by atoms with Crippen molar-refractivity contribution >= 4 is 5.78 Å². The third kappa shape index (κ3) is 3.09. The third-order valence-corrected chi connectivity index (χ3v) is 2.81. The summed E-state index contributed by atoms with van der Waals surface area (Å²) in [5.41, 5.74) is 1.10. The number of Topliss-reactive ketones (excluding diaryl/α,β-unsaturated/α-hetero) is 1. The predicted molar refractivity (Wildman–Crippen MR) is 65.9 cm³/mol. The van der Waals surface area contributed by atoms with Crippen LogP contribution >= 0.6 is 0 Å². The summed E-state index contributed by atoms with van der Waals surface area (Å²) in [6.07, 6.45) is 2.46. The summed E-state index contributed by atoms with van der Waals surface area (Å²) in [5, 5.41) is 0. The Morgan fingerprint density at radius 2 is 1.88 bits per heavy atom. The Morgan fingerprint density at radius 1 is 1.25 bits per heavy atom. The van der Waals surface area contributed by atoms with Crippen molar-refractivity contribution in [2.75, 3.05) is 7.11 Å². The molecular weight excluding hydrogens is 200 g/mol. The summed E-state index contributed by atoms with van der Waals surface area (Å²) in [6, 6.07) is 7.80. The first-order chi connectivity index (χ1) is 7.72. The number of carbonyl (C=O) groups excluding carboxylic acids is 1. The molecule has 0 aromatic heterocycles. The van der Waals surface area contributed by atoms with Crippen molar-refractivity contribution in [1.29, 1.82) is 0 Å². The molecule has 0 heterocycles. The van der Waals surface area contributed by atoms with Crippen LogP contribution in [-0.2, 0) is 4.79 Å². The van der Waals surface area contributed by atoms with E-state index in [1.54, 1.807) is 7.11 Å². The first-order valence-electron chi connectivity index (χ1n) is 5.89. The highest BCUT2D eigenvalue weighted by atomic mass is 16.5. The van der Waals surface area contributed by atoms with Crippen molar-refractivity contribution in [3.63, 3.8) is 0 Å². The lowest BCUT2D eigenvalue weighted by molar-refractivity contribution is -0.120. The standard InChI is InChI=1S/C14H20O2/c1-4-6-14(15)13(5-2)11-7-9-12(16-3)10-8-11/h7-10,13H,4-6H2,1-3H3/t13-/m0/s1. The number of ketones is 1. The van der Waals surface area contributed by atoms with Gasteiger partial charge in [-0.1, -0.05) is 26.0 Å². The molecule has 0 aliphatic heterocycles. The van der Waals surface area contributed by atoms with Gasteiger partial charge in [-0.3, -0.25) is 4.79 Å². The maximum absolute atomic E-state index is 11.9. The van der Waals surface area contributed by atoms with Crippen LogP contribution < -0.4 is 4.74 Å². The summed E-state index contributed by atoms with van der Waals surface area (Å²) in [5.74, 6) is 1.22. The molecule has 1 rings (SSSR count). The molecule has 0 bridgehead atoms. The number of rotatable bonds is 6. The van der Waals surface area contributed by atoms with E-state index in [1.807, 2.05) is 31.2 Å². The average Bonchev–Trinajstić information content (AvgIpc) is 2.31. The molecule has 1 aromatic rings. The molecule has 0 unspecified atom stereocenters. The quantitative estimate of drug-likeness (QED) is 0.732. The topological polar surface area (TPSA) is 26.3 Å². The predicted octanol–water partition coefficient (Wildman–Crippen LogP) is 3.56. The van der Waals surface area contributed by atoms with Crippen LogP contribution in [0.25, 0.3) is 0 Å². The van der Waals surface area contributed by atoms with Crippen LogP contribution in [0.15, 0.2) is 24.3 Å². The molecular formula is C14H20O2. The number of ether oxygens (including phenoxy) is 1. The van der Waals surface area contributed by atoms with E-state index in [2.05, 4.69) is 6.92 Å². The lowest BCUT2D eigenvalue weighted by Crippen LogP contribution is -2.11. The zero-order chi connectivity index (χ0) is 12.0. The summed E-state index contributed by atoms with van der Waals surface area (Å²) in [6.45, 7) is 4.10. The minimum absolute atomic E-state index is 0.0471. The highest BCUT2D eigenvalue weighted by Crippen LogP contribution is 2.24. The SMILES string of the molecule is CCCC(=O)[C@@H](CC)c1ccc(OC)cc1. The number of methoxy groups -OCH3 is 1. The van der Waals surface area contributed by atoms with Crippen molar-refractivity contribution < 1.29 is 9.53 Å². The number of hydrogen-bond acceptors (Lipinski definition) is 2. The van der Waals surface area contributed by atoms with Crippen molar-refractivity contribution in [1.82, 2.24) is 0 Å². The summed E-state index contributed by atoms with van der Waals surface area (Å²) >= 11 is 0. The minimum atomic E-state index is 0.0471. The van der Waals surface area contributed by atoms with E-state index in [0.717, 1.165) is 24.2 Å². The first-order valence-corrected chi connectivity index (χ1v) is 5.89. The Hall–Kier alpha value is -1.31. The second-order valence-corrected chi connectivity index (χ2v) is 3.95. The molecule has 1 aromatic carbocycles. The summed E-state index contributed by atoms with van der Waals surface area (Å²) < 4.78 is 5.11. The van der Waals surface area contributed by atoms with E-state index in [1.165, 1.54) is 0 Å². The van der Waals surface area contributed by atoms with Crippen molar-refractivity contribution in [2.45, 2.75) is 39.0 Å². The fourth-order valence-electron chi connectivity index (χ4n) is 1.91. The van der Waals surface area contributed by atoms with Crippen LogP contribution in [0, 0.1) is 0 Å². The summed E-state index contributed by atoms with van der Waals surface area (Å²) in [4.78, 5) is 11.9. The molecule has 0 radical (unpaired) electrons. The molecule has 2 nitrogen and oxygen atoms in total. The molecule has 0 amide bonds. The van der Waals surface area contributed by atoms with Crippen LogP contribution in [0.1, 0.15) is 44.6 Å². The molecule has 2 heteroatoms. The monoisotopic (exact) mass is 220 g/mol. The van der Waals surface area contributed by atoms with Crippen molar-refractivity contribution in [3.05, 3.63) is 29.8 Å². The second kappa shape index (κ2) is 6.31. The number of hydrogen-bond donors (Lipinski definition) is 0. The van der Waals surface area contributed by atoms with E-state index >= 15 is 0 Å². The minimum Gasteiger partial charge on any atom is -0.497 e. The molecule has 0 N–H and O–H groups in total. The largest absolute Gasteiger partial charge is 0.497 e. The van der Waals surface area contributed by atoms with Crippen molar-refractivity contribution in [2.24, 2.45) is 0 Å². The van der Waals surface area contributed by atoms with Gasteiger partial charge in [-0.15, -0.1) is 0 Å². The van der Waals surface area contributed by atoms with Gasteiger partial charge in [0.25, 0.3) is 0 Å². The Balaban J connectivity index is 2.82. The molecule has 0 spiro atoms. The normalized spacial score (nSPS) is 12.2. The van der Waals surface area contributed by atoms with Crippen LogP contribution in [0.5, 0.6) is 5.75 Å². The second-order valence-electron chi connectivity index (χ2n) is 3.95. The van der Waals surface area contributed by atoms with Crippen LogP contribution in [-0.4, -0.2) is 12.9 Å². The van der Waals surface area contributed by atoms with Gasteiger partial charge in [0.2, 0.25) is 0 Å². The van der Waals surface area contributed by atoms with Crippen LogP contribution in [0.3, 0.4) is 0 Å². The Bertz CT molecular complexity index is 327. The molecule has 16 heavy (non-hydrogen) atoms. The zero-order valence-electron chi connectivity index (χ0n) is 10.3. The first kappa shape index (κ1) is 12.8. The van der Waals surface area contributed by atoms with E-state index in [0.29, 0.717) is 12.2 Å². The third-order valence-electron chi connectivity index (χ3n) is 2.81. The Labute approximate surface area is 97.6 Å². The van der Waals surface area contributed by atoms with E-state index in [-0.39, 0.29) is 5.92 Å². The fraction of sp³-hybridized carbons (Fsp3) is 0.500. The van der Waals surface area contributed by atoms with Crippen molar-refractivity contribution in [3.8, 4) is 5.75 Å². The maximum atomic E-state index is 11.9. The average molecular weight is 220 g/mol.